The van der Waals surface area contributed by atoms with Crippen molar-refractivity contribution >= 4 is 17.5 Å². The lowest BCUT2D eigenvalue weighted by atomic mass is 9.85. The molecule has 0 radical (unpaired) electrons. The van der Waals surface area contributed by atoms with Crippen LogP contribution in [0.5, 0.6) is 0 Å². The third-order valence-electron chi connectivity index (χ3n) is 4.18. The molecule has 2 unspecified atom stereocenters. The number of amides is 2. The van der Waals surface area contributed by atoms with Crippen LogP contribution < -0.4 is 16.4 Å². The minimum atomic E-state index is -0.127. The fourth-order valence-electron chi connectivity index (χ4n) is 2.86. The Balaban J connectivity index is 2.09. The third kappa shape index (κ3) is 4.07. The van der Waals surface area contributed by atoms with Crippen LogP contribution in [0.1, 0.15) is 48.5 Å². The van der Waals surface area contributed by atoms with Crippen molar-refractivity contribution in [2.24, 2.45) is 11.7 Å². The second-order valence-corrected chi connectivity index (χ2v) is 6.00. The van der Waals surface area contributed by atoms with E-state index in [1.807, 2.05) is 19.9 Å². The van der Waals surface area contributed by atoms with Crippen molar-refractivity contribution in [2.45, 2.75) is 45.6 Å². The lowest BCUT2D eigenvalue weighted by Crippen LogP contribution is -2.34. The second-order valence-electron chi connectivity index (χ2n) is 6.00. The van der Waals surface area contributed by atoms with Gasteiger partial charge in [0, 0.05) is 29.8 Å². The second kappa shape index (κ2) is 7.40. The Labute approximate surface area is 131 Å². The van der Waals surface area contributed by atoms with Gasteiger partial charge in [-0.05, 0) is 50.8 Å². The van der Waals surface area contributed by atoms with Crippen LogP contribution in [-0.4, -0.2) is 24.4 Å². The van der Waals surface area contributed by atoms with E-state index >= 15 is 0 Å². The number of anilines is 1. The van der Waals surface area contributed by atoms with Gasteiger partial charge in [-0.25, -0.2) is 0 Å². The van der Waals surface area contributed by atoms with Crippen molar-refractivity contribution in [2.75, 3.05) is 11.9 Å². The van der Waals surface area contributed by atoms with E-state index in [1.165, 1.54) is 0 Å². The van der Waals surface area contributed by atoms with Gasteiger partial charge in [-0.3, -0.25) is 9.59 Å². The van der Waals surface area contributed by atoms with Gasteiger partial charge in [0.2, 0.25) is 5.91 Å². The highest BCUT2D eigenvalue weighted by molar-refractivity contribution is 5.98. The van der Waals surface area contributed by atoms with Gasteiger partial charge in [0.25, 0.3) is 5.91 Å². The van der Waals surface area contributed by atoms with E-state index in [2.05, 4.69) is 10.6 Å². The minimum Gasteiger partial charge on any atom is -0.352 e. The average molecular weight is 303 g/mol. The first-order valence-corrected chi connectivity index (χ1v) is 7.96. The predicted octanol–water partition coefficient (Wildman–Crippen LogP) is 2.20. The summed E-state index contributed by atoms with van der Waals surface area (Å²) in [5.74, 6) is -0.153. The van der Waals surface area contributed by atoms with Crippen molar-refractivity contribution < 1.29 is 9.59 Å². The van der Waals surface area contributed by atoms with Crippen molar-refractivity contribution in [1.82, 2.24) is 5.32 Å². The molecule has 5 nitrogen and oxygen atoms in total. The summed E-state index contributed by atoms with van der Waals surface area (Å²) in [5.41, 5.74) is 8.16. The Kier molecular flexibility index (Phi) is 5.55. The quantitative estimate of drug-likeness (QED) is 0.797. The van der Waals surface area contributed by atoms with E-state index in [0.29, 0.717) is 17.8 Å². The molecule has 1 aliphatic carbocycles. The van der Waals surface area contributed by atoms with E-state index in [9.17, 15) is 9.59 Å². The van der Waals surface area contributed by atoms with Gasteiger partial charge >= 0.3 is 0 Å². The monoisotopic (exact) mass is 303 g/mol. The fraction of sp³-hybridized carbons (Fsp3) is 0.529. The number of hydrogen-bond donors (Lipinski definition) is 3. The van der Waals surface area contributed by atoms with Gasteiger partial charge in [-0.1, -0.05) is 12.5 Å². The molecule has 0 bridgehead atoms. The van der Waals surface area contributed by atoms with Gasteiger partial charge in [-0.15, -0.1) is 0 Å². The highest BCUT2D eigenvalue weighted by Crippen LogP contribution is 2.25. The summed E-state index contributed by atoms with van der Waals surface area (Å²) in [4.78, 5) is 24.3. The number of nitrogens with one attached hydrogen (secondary N) is 2. The molecule has 1 fully saturated rings. The largest absolute Gasteiger partial charge is 0.352 e. The Morgan fingerprint density at radius 1 is 1.32 bits per heavy atom. The molecular weight excluding hydrogens is 278 g/mol. The van der Waals surface area contributed by atoms with Crippen LogP contribution in [0.2, 0.25) is 0 Å². The van der Waals surface area contributed by atoms with Gasteiger partial charge in [0.1, 0.15) is 0 Å². The first-order valence-electron chi connectivity index (χ1n) is 7.96. The maximum absolute atomic E-state index is 12.4. The Hall–Kier alpha value is -1.88. The summed E-state index contributed by atoms with van der Waals surface area (Å²) >= 11 is 0. The molecule has 4 N–H and O–H groups in total. The number of benzene rings is 1. The molecule has 22 heavy (non-hydrogen) atoms. The molecule has 1 aliphatic rings. The minimum absolute atomic E-state index is 0.00583. The molecule has 0 spiro atoms. The van der Waals surface area contributed by atoms with Crippen LogP contribution in [-0.2, 0) is 4.79 Å². The Bertz CT molecular complexity index is 557. The van der Waals surface area contributed by atoms with E-state index < -0.39 is 0 Å². The molecule has 2 amide bonds. The summed E-state index contributed by atoms with van der Waals surface area (Å²) in [6.07, 6.45) is 3.61. The molecule has 1 aromatic rings. The van der Waals surface area contributed by atoms with Gasteiger partial charge in [-0.2, -0.15) is 0 Å². The highest BCUT2D eigenvalue weighted by Gasteiger charge is 2.25. The zero-order valence-corrected chi connectivity index (χ0v) is 13.3. The van der Waals surface area contributed by atoms with Crippen LogP contribution in [0, 0.1) is 12.8 Å². The Morgan fingerprint density at radius 3 is 2.77 bits per heavy atom. The summed E-state index contributed by atoms with van der Waals surface area (Å²) in [7, 11) is 0. The highest BCUT2D eigenvalue weighted by atomic mass is 16.2. The summed E-state index contributed by atoms with van der Waals surface area (Å²) in [5, 5.41) is 5.73. The molecule has 0 heterocycles. The molecule has 120 valence electrons. The van der Waals surface area contributed by atoms with Crippen LogP contribution in [0.3, 0.4) is 0 Å². The molecule has 0 aliphatic heterocycles. The molecule has 1 aromatic carbocycles. The molecule has 2 rings (SSSR count). The molecule has 2 atom stereocenters. The van der Waals surface area contributed by atoms with E-state index in [0.717, 1.165) is 31.2 Å². The van der Waals surface area contributed by atoms with Gasteiger partial charge in [0.15, 0.2) is 0 Å². The van der Waals surface area contributed by atoms with Crippen molar-refractivity contribution in [3.8, 4) is 0 Å². The predicted molar refractivity (Wildman–Crippen MR) is 87.7 cm³/mol. The number of nitrogens with two attached hydrogens (primary N) is 1. The van der Waals surface area contributed by atoms with Crippen molar-refractivity contribution in [3.63, 3.8) is 0 Å². The third-order valence-corrected chi connectivity index (χ3v) is 4.18. The SMILES string of the molecule is CCNC(=O)c1ccc(C)c(NC(=O)C2CCCC(N)C2)c1. The van der Waals surface area contributed by atoms with Crippen LogP contribution in [0.15, 0.2) is 18.2 Å². The average Bonchev–Trinajstić information content (AvgIpc) is 2.49. The van der Waals surface area contributed by atoms with Gasteiger partial charge in [0.05, 0.1) is 0 Å². The van der Waals surface area contributed by atoms with Crippen LogP contribution in [0.25, 0.3) is 0 Å². The summed E-state index contributed by atoms with van der Waals surface area (Å²) in [6.45, 7) is 4.37. The van der Waals surface area contributed by atoms with E-state index in [-0.39, 0.29) is 23.8 Å². The molecular formula is C17H25N3O2. The van der Waals surface area contributed by atoms with Crippen molar-refractivity contribution in [3.05, 3.63) is 29.3 Å². The smallest absolute Gasteiger partial charge is 0.251 e. The maximum Gasteiger partial charge on any atom is 0.251 e. The zero-order valence-electron chi connectivity index (χ0n) is 13.3. The maximum atomic E-state index is 12.4. The number of carbonyl (C=O) groups is 2. The van der Waals surface area contributed by atoms with Crippen molar-refractivity contribution in [1.29, 1.82) is 0 Å². The van der Waals surface area contributed by atoms with Gasteiger partial charge < -0.3 is 16.4 Å². The first kappa shape index (κ1) is 16.5. The molecule has 0 aromatic heterocycles. The van der Waals surface area contributed by atoms with E-state index in [1.54, 1.807) is 12.1 Å². The zero-order chi connectivity index (χ0) is 16.1. The lowest BCUT2D eigenvalue weighted by molar-refractivity contribution is -0.120. The number of hydrogen-bond acceptors (Lipinski definition) is 3. The normalized spacial score (nSPS) is 21.2. The number of rotatable bonds is 4. The summed E-state index contributed by atoms with van der Waals surface area (Å²) in [6, 6.07) is 5.48. The first-order chi connectivity index (χ1) is 10.5. The van der Waals surface area contributed by atoms with Crippen LogP contribution in [0.4, 0.5) is 5.69 Å². The standard InChI is InChI=1S/C17H25N3O2/c1-3-19-16(21)13-8-7-11(2)15(10-13)20-17(22)12-5-4-6-14(18)9-12/h7-8,10,12,14H,3-6,9,18H2,1-2H3,(H,19,21)(H,20,22). The molecule has 5 heteroatoms. The fourth-order valence-corrected chi connectivity index (χ4v) is 2.86. The molecule has 0 saturated heterocycles. The molecule has 1 saturated carbocycles. The summed E-state index contributed by atoms with van der Waals surface area (Å²) < 4.78 is 0. The topological polar surface area (TPSA) is 84.2 Å². The lowest BCUT2D eigenvalue weighted by Gasteiger charge is -2.26. The van der Waals surface area contributed by atoms with E-state index in [4.69, 9.17) is 5.73 Å². The Morgan fingerprint density at radius 2 is 2.09 bits per heavy atom. The number of aryl methyl sites for hydroxylation is 1. The number of carbonyl (C=O) groups excluding carboxylic acids is 2. The van der Waals surface area contributed by atoms with Crippen LogP contribution >= 0.6 is 0 Å².